The van der Waals surface area contributed by atoms with Crippen LogP contribution in [-0.4, -0.2) is 33.9 Å². The monoisotopic (exact) mass is 209 g/mol. The van der Waals surface area contributed by atoms with Crippen molar-refractivity contribution in [1.82, 2.24) is 25.4 Å². The normalized spacial score (nSPS) is 20.3. The second-order valence-corrected chi connectivity index (χ2v) is 3.88. The molecule has 0 amide bonds. The molecule has 0 bridgehead atoms. The lowest BCUT2D eigenvalue weighted by molar-refractivity contribution is 0.367. The molecule has 15 heavy (non-hydrogen) atoms. The van der Waals surface area contributed by atoms with Crippen molar-refractivity contribution < 1.29 is 0 Å². The second-order valence-electron chi connectivity index (χ2n) is 3.88. The minimum Gasteiger partial charge on any atom is -0.315 e. The summed E-state index contributed by atoms with van der Waals surface area (Å²) >= 11 is 0. The van der Waals surface area contributed by atoms with Crippen LogP contribution in [0.5, 0.6) is 0 Å². The highest BCUT2D eigenvalue weighted by atomic mass is 15.3. The minimum atomic E-state index is 0.499. The summed E-state index contributed by atoms with van der Waals surface area (Å²) in [6.45, 7) is 8.11. The average molecular weight is 209 g/mol. The van der Waals surface area contributed by atoms with Gasteiger partial charge < -0.3 is 15.2 Å². The van der Waals surface area contributed by atoms with Crippen LogP contribution in [0.3, 0.4) is 0 Å². The number of nitrogens with zero attached hydrogens (tertiary/aromatic N) is 3. The molecule has 0 aromatic carbocycles. The first kappa shape index (κ1) is 10.6. The maximum absolute atomic E-state index is 4.18. The van der Waals surface area contributed by atoms with Gasteiger partial charge in [-0.2, -0.15) is 0 Å². The summed E-state index contributed by atoms with van der Waals surface area (Å²) in [4.78, 5) is 0. The third kappa shape index (κ3) is 2.18. The number of nitrogens with one attached hydrogen (secondary N) is 2. The van der Waals surface area contributed by atoms with Gasteiger partial charge in [-0.05, 0) is 6.54 Å². The van der Waals surface area contributed by atoms with Crippen molar-refractivity contribution in [3.8, 4) is 0 Å². The van der Waals surface area contributed by atoms with Gasteiger partial charge in [-0.15, -0.1) is 10.2 Å². The zero-order chi connectivity index (χ0) is 10.7. The van der Waals surface area contributed by atoms with Gasteiger partial charge in [0, 0.05) is 25.6 Å². The van der Waals surface area contributed by atoms with Crippen LogP contribution in [0.25, 0.3) is 0 Å². The molecule has 1 aliphatic heterocycles. The Hall–Kier alpha value is -0.940. The van der Waals surface area contributed by atoms with Crippen molar-refractivity contribution >= 4 is 0 Å². The molecule has 0 aliphatic carbocycles. The Bertz CT molecular complexity index is 306. The summed E-state index contributed by atoms with van der Waals surface area (Å²) in [6.07, 6.45) is 0.959. The fourth-order valence-corrected chi connectivity index (χ4v) is 1.95. The van der Waals surface area contributed by atoms with Crippen LogP contribution in [0.15, 0.2) is 0 Å². The van der Waals surface area contributed by atoms with Gasteiger partial charge in [-0.1, -0.05) is 13.8 Å². The van der Waals surface area contributed by atoms with Crippen molar-refractivity contribution in [2.75, 3.05) is 13.1 Å². The second kappa shape index (κ2) is 4.72. The van der Waals surface area contributed by atoms with Crippen molar-refractivity contribution in [3.05, 3.63) is 11.6 Å². The van der Waals surface area contributed by atoms with Gasteiger partial charge in [0.05, 0.1) is 6.54 Å². The third-order valence-corrected chi connectivity index (χ3v) is 2.81. The van der Waals surface area contributed by atoms with E-state index in [9.17, 15) is 0 Å². The summed E-state index contributed by atoms with van der Waals surface area (Å²) in [7, 11) is 0. The predicted molar refractivity (Wildman–Crippen MR) is 58.6 cm³/mol. The van der Waals surface area contributed by atoms with Crippen LogP contribution in [0.2, 0.25) is 0 Å². The molecule has 0 spiro atoms. The van der Waals surface area contributed by atoms with Crippen molar-refractivity contribution in [1.29, 1.82) is 0 Å². The maximum atomic E-state index is 4.18. The lowest BCUT2D eigenvalue weighted by atomic mass is 10.2. The largest absolute Gasteiger partial charge is 0.315 e. The number of aryl methyl sites for hydroxylation is 1. The molecule has 0 radical (unpaired) electrons. The number of fused-ring (bicyclic) bond motifs is 1. The molecule has 1 atom stereocenters. The smallest absolute Gasteiger partial charge is 0.147 e. The predicted octanol–water partition coefficient (Wildman–Crippen LogP) is -0.0782. The van der Waals surface area contributed by atoms with Crippen molar-refractivity contribution in [3.63, 3.8) is 0 Å². The molecule has 0 saturated carbocycles. The van der Waals surface area contributed by atoms with E-state index < -0.39 is 0 Å². The number of hydrogen-bond donors (Lipinski definition) is 2. The zero-order valence-electron chi connectivity index (χ0n) is 9.45. The van der Waals surface area contributed by atoms with Gasteiger partial charge in [0.2, 0.25) is 0 Å². The van der Waals surface area contributed by atoms with E-state index in [0.717, 1.165) is 44.2 Å². The number of rotatable bonds is 4. The maximum Gasteiger partial charge on any atom is 0.147 e. The van der Waals surface area contributed by atoms with Gasteiger partial charge in [0.1, 0.15) is 11.6 Å². The number of aromatic nitrogens is 3. The van der Waals surface area contributed by atoms with Crippen molar-refractivity contribution in [2.24, 2.45) is 0 Å². The van der Waals surface area contributed by atoms with Gasteiger partial charge in [-0.3, -0.25) is 0 Å². The average Bonchev–Trinajstić information content (AvgIpc) is 2.68. The van der Waals surface area contributed by atoms with Crippen LogP contribution in [-0.2, 0) is 19.5 Å². The first-order chi connectivity index (χ1) is 7.35. The highest BCUT2D eigenvalue weighted by Crippen LogP contribution is 2.09. The molecule has 2 heterocycles. The van der Waals surface area contributed by atoms with Crippen molar-refractivity contribution in [2.45, 2.75) is 39.4 Å². The standard InChI is InChI=1S/C10H19N5/c1-3-9-13-14-10-6-12-8(5-11-4-2)7-15(9)10/h8,11-12H,3-7H2,1-2H3. The number of likely N-dealkylation sites (N-methyl/N-ethyl adjacent to an activating group) is 1. The van der Waals surface area contributed by atoms with Crippen LogP contribution in [0.4, 0.5) is 0 Å². The Morgan fingerprint density at radius 3 is 3.07 bits per heavy atom. The van der Waals surface area contributed by atoms with E-state index in [0.29, 0.717) is 6.04 Å². The Kier molecular flexibility index (Phi) is 3.33. The van der Waals surface area contributed by atoms with Gasteiger partial charge in [-0.25, -0.2) is 0 Å². The van der Waals surface area contributed by atoms with E-state index in [1.165, 1.54) is 0 Å². The topological polar surface area (TPSA) is 54.8 Å². The molecule has 2 N–H and O–H groups in total. The minimum absolute atomic E-state index is 0.499. The first-order valence-electron chi connectivity index (χ1n) is 5.70. The Labute approximate surface area is 90.3 Å². The molecular weight excluding hydrogens is 190 g/mol. The molecule has 1 aliphatic rings. The van der Waals surface area contributed by atoms with Crippen LogP contribution >= 0.6 is 0 Å². The SMILES string of the molecule is CCNCC1Cn2c(CC)nnc2CN1. The molecule has 1 aromatic rings. The molecule has 1 unspecified atom stereocenters. The quantitative estimate of drug-likeness (QED) is 0.728. The van der Waals surface area contributed by atoms with E-state index >= 15 is 0 Å². The highest BCUT2D eigenvalue weighted by molar-refractivity contribution is 5.00. The third-order valence-electron chi connectivity index (χ3n) is 2.81. The summed E-state index contributed by atoms with van der Waals surface area (Å²) in [5.41, 5.74) is 0. The summed E-state index contributed by atoms with van der Waals surface area (Å²) in [5.74, 6) is 2.17. The Morgan fingerprint density at radius 2 is 2.33 bits per heavy atom. The molecule has 5 heteroatoms. The van der Waals surface area contributed by atoms with E-state index in [1.807, 2.05) is 0 Å². The van der Waals surface area contributed by atoms with E-state index in [2.05, 4.69) is 39.2 Å². The molecule has 5 nitrogen and oxygen atoms in total. The molecule has 84 valence electrons. The van der Waals surface area contributed by atoms with Gasteiger partial charge in [0.15, 0.2) is 0 Å². The first-order valence-corrected chi connectivity index (χ1v) is 5.70. The Morgan fingerprint density at radius 1 is 1.47 bits per heavy atom. The molecule has 2 rings (SSSR count). The van der Waals surface area contributed by atoms with E-state index in [-0.39, 0.29) is 0 Å². The number of hydrogen-bond acceptors (Lipinski definition) is 4. The highest BCUT2D eigenvalue weighted by Gasteiger charge is 2.20. The summed E-state index contributed by atoms with van der Waals surface area (Å²) < 4.78 is 2.25. The summed E-state index contributed by atoms with van der Waals surface area (Å²) in [5, 5.41) is 15.2. The lowest BCUT2D eigenvalue weighted by Crippen LogP contribution is -2.45. The molecule has 0 fully saturated rings. The molecular formula is C10H19N5. The van der Waals surface area contributed by atoms with Crippen LogP contribution in [0.1, 0.15) is 25.5 Å². The zero-order valence-corrected chi connectivity index (χ0v) is 9.45. The van der Waals surface area contributed by atoms with Gasteiger partial charge >= 0.3 is 0 Å². The van der Waals surface area contributed by atoms with Crippen LogP contribution < -0.4 is 10.6 Å². The Balaban J connectivity index is 2.04. The van der Waals surface area contributed by atoms with E-state index in [1.54, 1.807) is 0 Å². The molecule has 1 aromatic heterocycles. The molecule has 0 saturated heterocycles. The fourth-order valence-electron chi connectivity index (χ4n) is 1.95. The fraction of sp³-hybridized carbons (Fsp3) is 0.800. The van der Waals surface area contributed by atoms with E-state index in [4.69, 9.17) is 0 Å². The lowest BCUT2D eigenvalue weighted by Gasteiger charge is -2.25. The summed E-state index contributed by atoms with van der Waals surface area (Å²) in [6, 6.07) is 0.499. The van der Waals surface area contributed by atoms with Gasteiger partial charge in [0.25, 0.3) is 0 Å². The van der Waals surface area contributed by atoms with Crippen LogP contribution in [0, 0.1) is 0 Å².